The molecule has 2 aromatic rings. The number of likely N-dealkylation sites (N-methyl/N-ethyl adjacent to an activating group) is 1. The van der Waals surface area contributed by atoms with Gasteiger partial charge >= 0.3 is 0 Å². The third-order valence-corrected chi connectivity index (χ3v) is 7.55. The molecule has 1 aromatic heterocycles. The van der Waals surface area contributed by atoms with E-state index in [-0.39, 0.29) is 28.1 Å². The van der Waals surface area contributed by atoms with E-state index in [1.54, 1.807) is 19.3 Å². The van der Waals surface area contributed by atoms with Crippen LogP contribution in [0.3, 0.4) is 0 Å². The molecule has 2 heterocycles. The summed E-state index contributed by atoms with van der Waals surface area (Å²) in [5.74, 6) is -1.02. The van der Waals surface area contributed by atoms with E-state index < -0.39 is 27.8 Å². The maximum atomic E-state index is 12.8. The van der Waals surface area contributed by atoms with Gasteiger partial charge in [0.1, 0.15) is 5.76 Å². The van der Waals surface area contributed by atoms with Crippen molar-refractivity contribution in [3.63, 3.8) is 0 Å². The van der Waals surface area contributed by atoms with Crippen molar-refractivity contribution in [2.75, 3.05) is 29.7 Å². The summed E-state index contributed by atoms with van der Waals surface area (Å²) in [5.41, 5.74) is 0.327. The molecular formula is C21H26ClN3O5S. The number of carbonyl (C=O) groups is 2. The number of halogens is 1. The first-order valence-electron chi connectivity index (χ1n) is 10.1. The largest absolute Gasteiger partial charge is 0.468 e. The Morgan fingerprint density at radius 3 is 2.55 bits per heavy atom. The fourth-order valence-electron chi connectivity index (χ4n) is 3.74. The van der Waals surface area contributed by atoms with Gasteiger partial charge in [-0.25, -0.2) is 12.7 Å². The lowest BCUT2D eigenvalue weighted by atomic mass is 10.1. The molecule has 1 aliphatic rings. The molecule has 1 aromatic carbocycles. The van der Waals surface area contributed by atoms with E-state index in [0.29, 0.717) is 6.54 Å². The Morgan fingerprint density at radius 1 is 1.32 bits per heavy atom. The van der Waals surface area contributed by atoms with Crippen LogP contribution < -0.4 is 9.62 Å². The number of benzene rings is 1. The number of sulfonamides is 1. The molecule has 10 heteroatoms. The normalized spacial score (nSPS) is 19.1. The third-order valence-electron chi connectivity index (χ3n) is 5.37. The molecule has 0 radical (unpaired) electrons. The highest BCUT2D eigenvalue weighted by Gasteiger charge is 2.42. The Balaban J connectivity index is 1.77. The molecular weight excluding hydrogens is 442 g/mol. The van der Waals surface area contributed by atoms with E-state index in [2.05, 4.69) is 10.2 Å². The number of carbonyl (C=O) groups excluding carboxylic acids is 2. The molecule has 1 aliphatic heterocycles. The lowest BCUT2D eigenvalue weighted by molar-refractivity contribution is -0.119. The first-order valence-corrected chi connectivity index (χ1v) is 12.1. The molecule has 1 fully saturated rings. The van der Waals surface area contributed by atoms with E-state index in [0.717, 1.165) is 23.2 Å². The van der Waals surface area contributed by atoms with Gasteiger partial charge in [0, 0.05) is 6.54 Å². The third kappa shape index (κ3) is 4.78. The summed E-state index contributed by atoms with van der Waals surface area (Å²) in [6.07, 6.45) is 1.60. The van der Waals surface area contributed by atoms with Gasteiger partial charge in [0.15, 0.2) is 0 Å². The van der Waals surface area contributed by atoms with Crippen LogP contribution in [0.15, 0.2) is 41.0 Å². The smallest absolute Gasteiger partial charge is 0.252 e. The van der Waals surface area contributed by atoms with E-state index in [1.807, 2.05) is 19.9 Å². The van der Waals surface area contributed by atoms with Crippen LogP contribution in [0.4, 0.5) is 5.69 Å². The van der Waals surface area contributed by atoms with Crippen molar-refractivity contribution in [1.29, 1.82) is 0 Å². The minimum atomic E-state index is -3.74. The van der Waals surface area contributed by atoms with Gasteiger partial charge in [-0.15, -0.1) is 0 Å². The second kappa shape index (κ2) is 9.42. The molecule has 0 aliphatic carbocycles. The van der Waals surface area contributed by atoms with Crippen LogP contribution in [0.5, 0.6) is 0 Å². The van der Waals surface area contributed by atoms with Gasteiger partial charge in [0.25, 0.3) is 5.91 Å². The van der Waals surface area contributed by atoms with Crippen LogP contribution in [0, 0.1) is 5.92 Å². The minimum Gasteiger partial charge on any atom is -0.468 e. The highest BCUT2D eigenvalue weighted by atomic mass is 35.5. The van der Waals surface area contributed by atoms with Crippen LogP contribution in [0.25, 0.3) is 0 Å². The molecule has 0 spiro atoms. The van der Waals surface area contributed by atoms with Crippen molar-refractivity contribution >= 4 is 39.1 Å². The van der Waals surface area contributed by atoms with Crippen molar-refractivity contribution in [2.45, 2.75) is 26.8 Å². The second-order valence-corrected chi connectivity index (χ2v) is 9.68. The van der Waals surface area contributed by atoms with E-state index in [9.17, 15) is 18.0 Å². The number of nitrogens with one attached hydrogen (secondary N) is 1. The number of furan rings is 1. The van der Waals surface area contributed by atoms with E-state index >= 15 is 0 Å². The SMILES string of the molecule is CCN(CC)C(CNC(=O)c1ccc(N2C(=O)C(C)CS2(=O)=O)cc1Cl)c1ccco1. The van der Waals surface area contributed by atoms with Crippen molar-refractivity contribution in [3.05, 3.63) is 52.9 Å². The lowest BCUT2D eigenvalue weighted by Gasteiger charge is -2.28. The Labute approximate surface area is 187 Å². The van der Waals surface area contributed by atoms with Crippen molar-refractivity contribution < 1.29 is 22.4 Å². The first kappa shape index (κ1) is 23.3. The van der Waals surface area contributed by atoms with Gasteiger partial charge < -0.3 is 9.73 Å². The zero-order valence-corrected chi connectivity index (χ0v) is 19.2. The lowest BCUT2D eigenvalue weighted by Crippen LogP contribution is -2.38. The number of rotatable bonds is 8. The topological polar surface area (TPSA) is 99.9 Å². The highest BCUT2D eigenvalue weighted by molar-refractivity contribution is 7.94. The predicted molar refractivity (Wildman–Crippen MR) is 119 cm³/mol. The molecule has 3 rings (SSSR count). The van der Waals surface area contributed by atoms with Crippen LogP contribution in [0.2, 0.25) is 5.02 Å². The maximum absolute atomic E-state index is 12.8. The standard InChI is InChI=1S/C21H26ClN3O5S/c1-4-24(5-2)18(19-7-6-10-30-19)12-23-20(26)16-9-8-15(11-17(16)22)25-21(27)14(3)13-31(25,28)29/h6-11,14,18H,4-5,12-13H2,1-3H3,(H,23,26). The molecule has 1 saturated heterocycles. The summed E-state index contributed by atoms with van der Waals surface area (Å²) >= 11 is 6.29. The van der Waals surface area contributed by atoms with Gasteiger partial charge in [-0.1, -0.05) is 32.4 Å². The average molecular weight is 468 g/mol. The fourth-order valence-corrected chi connectivity index (χ4v) is 5.81. The zero-order chi connectivity index (χ0) is 22.8. The average Bonchev–Trinajstić information content (AvgIpc) is 3.31. The summed E-state index contributed by atoms with van der Waals surface area (Å²) in [5, 5.41) is 2.94. The molecule has 8 nitrogen and oxygen atoms in total. The van der Waals surface area contributed by atoms with Gasteiger partial charge in [-0.3, -0.25) is 14.5 Å². The molecule has 2 amide bonds. The second-order valence-electron chi connectivity index (χ2n) is 7.41. The Morgan fingerprint density at radius 2 is 2.03 bits per heavy atom. The molecule has 0 bridgehead atoms. The molecule has 2 unspecified atom stereocenters. The Kier molecular flexibility index (Phi) is 7.08. The summed E-state index contributed by atoms with van der Waals surface area (Å²) in [7, 11) is -3.74. The van der Waals surface area contributed by atoms with E-state index in [4.69, 9.17) is 16.0 Å². The summed E-state index contributed by atoms with van der Waals surface area (Å²) < 4.78 is 30.9. The maximum Gasteiger partial charge on any atom is 0.252 e. The molecule has 1 N–H and O–H groups in total. The Hall–Kier alpha value is -2.36. The van der Waals surface area contributed by atoms with E-state index in [1.165, 1.54) is 18.2 Å². The molecule has 31 heavy (non-hydrogen) atoms. The van der Waals surface area contributed by atoms with Gasteiger partial charge in [0.2, 0.25) is 15.9 Å². The van der Waals surface area contributed by atoms with Crippen LogP contribution in [-0.2, 0) is 14.8 Å². The quantitative estimate of drug-likeness (QED) is 0.640. The number of hydrogen-bond acceptors (Lipinski definition) is 6. The predicted octanol–water partition coefficient (Wildman–Crippen LogP) is 3.06. The fraction of sp³-hybridized carbons (Fsp3) is 0.429. The minimum absolute atomic E-state index is 0.0648. The number of hydrogen-bond donors (Lipinski definition) is 1. The van der Waals surface area contributed by atoms with Crippen LogP contribution in [-0.4, -0.2) is 50.5 Å². The zero-order valence-electron chi connectivity index (χ0n) is 17.7. The summed E-state index contributed by atoms with van der Waals surface area (Å²) in [6, 6.07) is 7.71. The number of amides is 2. The first-order chi connectivity index (χ1) is 14.7. The van der Waals surface area contributed by atoms with Gasteiger partial charge in [-0.05, 0) is 43.4 Å². The Bertz CT molecular complexity index is 1050. The number of anilines is 1. The van der Waals surface area contributed by atoms with Crippen LogP contribution >= 0.6 is 11.6 Å². The number of nitrogens with zero attached hydrogens (tertiary/aromatic N) is 2. The highest BCUT2D eigenvalue weighted by Crippen LogP contribution is 2.31. The van der Waals surface area contributed by atoms with Crippen LogP contribution in [0.1, 0.15) is 42.9 Å². The molecule has 168 valence electrons. The van der Waals surface area contributed by atoms with Gasteiger partial charge in [0.05, 0.1) is 40.2 Å². The van der Waals surface area contributed by atoms with Crippen molar-refractivity contribution in [3.8, 4) is 0 Å². The van der Waals surface area contributed by atoms with Crippen molar-refractivity contribution in [2.24, 2.45) is 5.92 Å². The van der Waals surface area contributed by atoms with Crippen molar-refractivity contribution in [1.82, 2.24) is 10.2 Å². The summed E-state index contributed by atoms with van der Waals surface area (Å²) in [6.45, 7) is 7.50. The van der Waals surface area contributed by atoms with Gasteiger partial charge in [-0.2, -0.15) is 0 Å². The monoisotopic (exact) mass is 467 g/mol. The molecule has 2 atom stereocenters. The summed E-state index contributed by atoms with van der Waals surface area (Å²) in [4.78, 5) is 27.2. The molecule has 0 saturated carbocycles.